The molecule has 1 aliphatic heterocycles. The van der Waals surface area contributed by atoms with Crippen molar-refractivity contribution in [1.29, 1.82) is 0 Å². The van der Waals surface area contributed by atoms with Crippen molar-refractivity contribution < 1.29 is 0 Å². The molecule has 0 saturated carbocycles. The Bertz CT molecular complexity index is 622. The van der Waals surface area contributed by atoms with E-state index in [-0.39, 0.29) is 0 Å². The lowest BCUT2D eigenvalue weighted by atomic mass is 10.2. The van der Waals surface area contributed by atoms with Gasteiger partial charge in [0.05, 0.1) is 0 Å². The highest BCUT2D eigenvalue weighted by atomic mass is 32.9. The number of hydrogen-bond acceptors (Lipinski definition) is 2. The number of fused-ring (bicyclic) bond motifs is 1. The van der Waals surface area contributed by atoms with Gasteiger partial charge >= 0.3 is 0 Å². The fourth-order valence-electron chi connectivity index (χ4n) is 1.70. The van der Waals surface area contributed by atoms with E-state index in [1.54, 1.807) is 11.4 Å². The van der Waals surface area contributed by atoms with Crippen molar-refractivity contribution in [2.24, 2.45) is 4.76 Å². The molecule has 3 rings (SSSR count). The van der Waals surface area contributed by atoms with Gasteiger partial charge in [0.2, 0.25) is 0 Å². The van der Waals surface area contributed by atoms with Gasteiger partial charge in [-0.25, -0.2) is 4.76 Å². The molecule has 0 bridgehead atoms. The first-order valence-corrected chi connectivity index (χ1v) is 9.45. The number of rotatable bonds is 1. The molecule has 4 heteroatoms. The van der Waals surface area contributed by atoms with Crippen LogP contribution in [0.25, 0.3) is 0 Å². The Morgan fingerprint density at radius 3 is 2.47 bits per heavy atom. The Hall–Kier alpha value is -0.890. The minimum Gasteiger partial charge on any atom is -0.244 e. The topological polar surface area (TPSA) is 12.4 Å². The van der Waals surface area contributed by atoms with Crippen molar-refractivity contribution in [3.05, 3.63) is 60.2 Å². The SMILES string of the molecule is S=P1(c2ccccc2)N=Cc2ccccc2S1. The largest absolute Gasteiger partial charge is 0.244 e. The summed E-state index contributed by atoms with van der Waals surface area (Å²) >= 11 is 7.51. The first kappa shape index (κ1) is 11.2. The van der Waals surface area contributed by atoms with Crippen molar-refractivity contribution in [1.82, 2.24) is 0 Å². The van der Waals surface area contributed by atoms with E-state index < -0.39 is 5.39 Å². The van der Waals surface area contributed by atoms with Crippen molar-refractivity contribution >= 4 is 40.1 Å². The van der Waals surface area contributed by atoms with Crippen LogP contribution in [0, 0.1) is 0 Å². The molecule has 2 aromatic carbocycles. The van der Waals surface area contributed by atoms with Crippen molar-refractivity contribution in [3.8, 4) is 0 Å². The highest BCUT2D eigenvalue weighted by Gasteiger charge is 2.23. The third kappa shape index (κ3) is 2.11. The molecule has 0 radical (unpaired) electrons. The normalized spacial score (nSPS) is 22.1. The second-order valence-electron chi connectivity index (χ2n) is 3.73. The third-order valence-electron chi connectivity index (χ3n) is 2.57. The number of benzene rings is 2. The van der Waals surface area contributed by atoms with Crippen LogP contribution in [-0.2, 0) is 11.8 Å². The molecule has 0 N–H and O–H groups in total. The van der Waals surface area contributed by atoms with Gasteiger partial charge in [-0.2, -0.15) is 0 Å². The molecule has 1 unspecified atom stereocenters. The fourth-order valence-corrected chi connectivity index (χ4v) is 6.94. The standard InChI is InChI=1S/C13H10NPS2/c16-15(12-7-2-1-3-8-12)14-10-11-6-4-5-9-13(11)17-15/h1-10H. The van der Waals surface area contributed by atoms with Gasteiger partial charge in [0.25, 0.3) is 0 Å². The van der Waals surface area contributed by atoms with Crippen LogP contribution < -0.4 is 5.30 Å². The average Bonchev–Trinajstić information content (AvgIpc) is 2.40. The highest BCUT2D eigenvalue weighted by Crippen LogP contribution is 2.64. The lowest BCUT2D eigenvalue weighted by Gasteiger charge is -2.21. The molecule has 0 amide bonds. The minimum atomic E-state index is -1.88. The van der Waals surface area contributed by atoms with Crippen LogP contribution in [-0.4, -0.2) is 6.21 Å². The first-order valence-electron chi connectivity index (χ1n) is 5.28. The second kappa shape index (κ2) is 4.41. The molecule has 17 heavy (non-hydrogen) atoms. The zero-order valence-electron chi connectivity index (χ0n) is 8.98. The van der Waals surface area contributed by atoms with Crippen LogP contribution in [0.1, 0.15) is 5.56 Å². The van der Waals surface area contributed by atoms with E-state index in [0.717, 1.165) is 0 Å². The van der Waals surface area contributed by atoms with Gasteiger partial charge in [0.15, 0.2) is 0 Å². The van der Waals surface area contributed by atoms with Gasteiger partial charge in [-0.1, -0.05) is 71.7 Å². The quantitative estimate of drug-likeness (QED) is 0.733. The molecule has 2 aromatic rings. The maximum Gasteiger partial charge on any atom is 0.140 e. The Labute approximate surface area is 110 Å². The van der Waals surface area contributed by atoms with Crippen LogP contribution in [0.5, 0.6) is 0 Å². The predicted molar refractivity (Wildman–Crippen MR) is 80.3 cm³/mol. The number of hydrogen-bond donors (Lipinski definition) is 0. The summed E-state index contributed by atoms with van der Waals surface area (Å²) in [5.41, 5.74) is 1.17. The fraction of sp³-hybridized carbons (Fsp3) is 0. The monoisotopic (exact) mass is 275 g/mol. The second-order valence-corrected chi connectivity index (χ2v) is 10.6. The highest BCUT2D eigenvalue weighted by molar-refractivity contribution is 8.72. The Morgan fingerprint density at radius 1 is 0.941 bits per heavy atom. The zero-order chi connectivity index (χ0) is 11.7. The van der Waals surface area contributed by atoms with E-state index in [0.29, 0.717) is 0 Å². The molecule has 0 aromatic heterocycles. The lowest BCUT2D eigenvalue weighted by molar-refractivity contribution is 1.44. The van der Waals surface area contributed by atoms with Crippen molar-refractivity contribution in [2.75, 3.05) is 0 Å². The van der Waals surface area contributed by atoms with Crippen LogP contribution in [0.3, 0.4) is 0 Å². The summed E-state index contributed by atoms with van der Waals surface area (Å²) in [5.74, 6) is 0. The van der Waals surface area contributed by atoms with Gasteiger partial charge in [0.1, 0.15) is 5.39 Å². The maximum absolute atomic E-state index is 5.77. The number of nitrogens with zero attached hydrogens (tertiary/aromatic N) is 1. The van der Waals surface area contributed by atoms with Gasteiger partial charge in [0, 0.05) is 22.0 Å². The van der Waals surface area contributed by atoms with E-state index >= 15 is 0 Å². The molecule has 1 aliphatic rings. The van der Waals surface area contributed by atoms with E-state index in [1.807, 2.05) is 30.5 Å². The van der Waals surface area contributed by atoms with Crippen LogP contribution in [0.2, 0.25) is 0 Å². The summed E-state index contributed by atoms with van der Waals surface area (Å²) in [6, 6.07) is 18.5. The molecule has 0 saturated heterocycles. The summed E-state index contributed by atoms with van der Waals surface area (Å²) in [6.07, 6.45) is 1.93. The Balaban J connectivity index is 2.08. The van der Waals surface area contributed by atoms with Gasteiger partial charge in [-0.05, 0) is 6.07 Å². The molecule has 1 heterocycles. The Kier molecular flexibility index (Phi) is 2.91. The Morgan fingerprint density at radius 2 is 1.65 bits per heavy atom. The maximum atomic E-state index is 5.77. The van der Waals surface area contributed by atoms with E-state index in [4.69, 9.17) is 11.8 Å². The smallest absolute Gasteiger partial charge is 0.140 e. The van der Waals surface area contributed by atoms with Crippen LogP contribution >= 0.6 is 16.8 Å². The molecule has 84 valence electrons. The van der Waals surface area contributed by atoms with Crippen molar-refractivity contribution in [2.45, 2.75) is 4.90 Å². The molecule has 0 fully saturated rings. The third-order valence-corrected chi connectivity index (χ3v) is 8.59. The molecule has 0 aliphatic carbocycles. The molecular weight excluding hydrogens is 265 g/mol. The summed E-state index contributed by atoms with van der Waals surface area (Å²) in [6.45, 7) is 0. The van der Waals surface area contributed by atoms with Crippen LogP contribution in [0.4, 0.5) is 0 Å². The van der Waals surface area contributed by atoms with Gasteiger partial charge in [-0.15, -0.1) is 0 Å². The van der Waals surface area contributed by atoms with E-state index in [1.165, 1.54) is 15.8 Å². The first-order chi connectivity index (χ1) is 8.28. The van der Waals surface area contributed by atoms with Gasteiger partial charge < -0.3 is 0 Å². The summed E-state index contributed by atoms with van der Waals surface area (Å²) in [7, 11) is 0. The average molecular weight is 275 g/mol. The summed E-state index contributed by atoms with van der Waals surface area (Å²) in [4.78, 5) is 1.25. The summed E-state index contributed by atoms with van der Waals surface area (Å²) < 4.78 is 4.64. The lowest BCUT2D eigenvalue weighted by Crippen LogP contribution is -2.03. The van der Waals surface area contributed by atoms with Gasteiger partial charge in [-0.3, -0.25) is 0 Å². The minimum absolute atomic E-state index is 1.17. The molecular formula is C13H10NPS2. The molecule has 1 nitrogen and oxygen atoms in total. The molecule has 1 atom stereocenters. The van der Waals surface area contributed by atoms with Crippen LogP contribution in [0.15, 0.2) is 64.3 Å². The summed E-state index contributed by atoms with van der Waals surface area (Å²) in [5, 5.41) is -0.707. The predicted octanol–water partition coefficient (Wildman–Crippen LogP) is 3.85. The van der Waals surface area contributed by atoms with E-state index in [9.17, 15) is 0 Å². The van der Waals surface area contributed by atoms with E-state index in [2.05, 4.69) is 35.1 Å². The molecule has 0 spiro atoms. The van der Waals surface area contributed by atoms with Crippen molar-refractivity contribution in [3.63, 3.8) is 0 Å². The zero-order valence-corrected chi connectivity index (χ0v) is 11.5.